The van der Waals surface area contributed by atoms with Gasteiger partial charge in [0.15, 0.2) is 0 Å². The molecule has 5 rings (SSSR count). The maximum atomic E-state index is 13.3. The minimum atomic E-state index is -0.869. The third kappa shape index (κ3) is 5.04. The Morgan fingerprint density at radius 2 is 1.57 bits per heavy atom. The van der Waals surface area contributed by atoms with Crippen LogP contribution in [0, 0.1) is 0 Å². The van der Waals surface area contributed by atoms with Gasteiger partial charge in [0.1, 0.15) is 17.9 Å². The molecule has 0 saturated carbocycles. The number of ether oxygens (including phenoxy) is 1. The Bertz CT molecular complexity index is 1590. The van der Waals surface area contributed by atoms with Crippen LogP contribution in [0.5, 0.6) is 5.75 Å². The van der Waals surface area contributed by atoms with Gasteiger partial charge >= 0.3 is 6.03 Å². The predicted molar refractivity (Wildman–Crippen MR) is 145 cm³/mol. The van der Waals surface area contributed by atoms with E-state index >= 15 is 0 Å². The SMILES string of the molecule is O=C1NC(=O)N(c2ccc(Cl)cc2)C(=O)/C1=C/c1cc(Cl)cc(Cl)c1OCc1cccc2ccccc12. The number of amides is 4. The van der Waals surface area contributed by atoms with Crippen LogP contribution < -0.4 is 15.0 Å². The van der Waals surface area contributed by atoms with Gasteiger partial charge in [-0.05, 0) is 58.8 Å². The molecule has 0 atom stereocenters. The van der Waals surface area contributed by atoms with Crippen molar-refractivity contribution in [2.24, 2.45) is 0 Å². The molecule has 1 heterocycles. The largest absolute Gasteiger partial charge is 0.487 e. The van der Waals surface area contributed by atoms with Gasteiger partial charge in [0.25, 0.3) is 11.8 Å². The Morgan fingerprint density at radius 1 is 0.838 bits per heavy atom. The van der Waals surface area contributed by atoms with Crippen molar-refractivity contribution in [2.75, 3.05) is 4.90 Å². The maximum absolute atomic E-state index is 13.3. The Balaban J connectivity index is 1.52. The lowest BCUT2D eigenvalue weighted by Crippen LogP contribution is -2.54. The molecule has 1 saturated heterocycles. The third-order valence-electron chi connectivity index (χ3n) is 5.78. The molecular formula is C28H17Cl3N2O4. The molecule has 4 amide bonds. The molecule has 0 radical (unpaired) electrons. The quantitative estimate of drug-likeness (QED) is 0.213. The Kier molecular flexibility index (Phi) is 6.89. The summed E-state index contributed by atoms with van der Waals surface area (Å²) in [6.07, 6.45) is 1.31. The lowest BCUT2D eigenvalue weighted by Gasteiger charge is -2.26. The van der Waals surface area contributed by atoms with Crippen LogP contribution in [0.3, 0.4) is 0 Å². The zero-order valence-electron chi connectivity index (χ0n) is 19.0. The highest BCUT2D eigenvalue weighted by Crippen LogP contribution is 2.36. The van der Waals surface area contributed by atoms with Crippen LogP contribution in [-0.4, -0.2) is 17.8 Å². The summed E-state index contributed by atoms with van der Waals surface area (Å²) in [4.78, 5) is 39.3. The molecule has 9 heteroatoms. The van der Waals surface area contributed by atoms with E-state index in [1.807, 2.05) is 42.5 Å². The van der Waals surface area contributed by atoms with Gasteiger partial charge in [0.2, 0.25) is 0 Å². The van der Waals surface area contributed by atoms with Gasteiger partial charge in [-0.1, -0.05) is 77.3 Å². The van der Waals surface area contributed by atoms with Gasteiger partial charge in [-0.3, -0.25) is 14.9 Å². The number of hydrogen-bond donors (Lipinski definition) is 1. The highest BCUT2D eigenvalue weighted by molar-refractivity contribution is 6.40. The molecule has 0 bridgehead atoms. The Morgan fingerprint density at radius 3 is 2.35 bits per heavy atom. The molecule has 1 N–H and O–H groups in total. The van der Waals surface area contributed by atoms with Gasteiger partial charge in [-0.2, -0.15) is 0 Å². The first-order valence-corrected chi connectivity index (χ1v) is 12.2. The van der Waals surface area contributed by atoms with Crippen molar-refractivity contribution in [1.82, 2.24) is 5.32 Å². The predicted octanol–water partition coefficient (Wildman–Crippen LogP) is 7.05. The number of nitrogens with zero attached hydrogens (tertiary/aromatic N) is 1. The van der Waals surface area contributed by atoms with Crippen LogP contribution >= 0.6 is 34.8 Å². The van der Waals surface area contributed by atoms with Crippen molar-refractivity contribution in [2.45, 2.75) is 6.61 Å². The lowest BCUT2D eigenvalue weighted by molar-refractivity contribution is -0.122. The first kappa shape index (κ1) is 24.8. The second-order valence-electron chi connectivity index (χ2n) is 8.17. The van der Waals surface area contributed by atoms with E-state index in [-0.39, 0.29) is 33.7 Å². The molecule has 4 aromatic carbocycles. The molecule has 1 aliphatic rings. The summed E-state index contributed by atoms with van der Waals surface area (Å²) in [6, 6.07) is 22.0. The molecule has 0 spiro atoms. The molecule has 0 aromatic heterocycles. The molecule has 184 valence electrons. The average molecular weight is 552 g/mol. The van der Waals surface area contributed by atoms with E-state index in [0.717, 1.165) is 21.2 Å². The van der Waals surface area contributed by atoms with Crippen molar-refractivity contribution in [3.05, 3.63) is 111 Å². The van der Waals surface area contributed by atoms with Gasteiger partial charge in [0, 0.05) is 15.6 Å². The summed E-state index contributed by atoms with van der Waals surface area (Å²) in [5.41, 5.74) is 1.19. The van der Waals surface area contributed by atoms with E-state index in [9.17, 15) is 14.4 Å². The van der Waals surface area contributed by atoms with Crippen molar-refractivity contribution >= 4 is 75.2 Å². The molecule has 1 aliphatic heterocycles. The van der Waals surface area contributed by atoms with Gasteiger partial charge < -0.3 is 4.74 Å². The molecule has 0 aliphatic carbocycles. The smallest absolute Gasteiger partial charge is 0.335 e. The van der Waals surface area contributed by atoms with Gasteiger partial charge in [0.05, 0.1) is 10.7 Å². The van der Waals surface area contributed by atoms with Crippen molar-refractivity contribution in [3.8, 4) is 5.75 Å². The number of urea groups is 1. The maximum Gasteiger partial charge on any atom is 0.335 e. The summed E-state index contributed by atoms with van der Waals surface area (Å²) in [5.74, 6) is -1.43. The number of rotatable bonds is 5. The first-order chi connectivity index (χ1) is 17.8. The highest BCUT2D eigenvalue weighted by Gasteiger charge is 2.37. The number of nitrogens with one attached hydrogen (secondary N) is 1. The highest BCUT2D eigenvalue weighted by atomic mass is 35.5. The van der Waals surface area contributed by atoms with Crippen LogP contribution in [0.25, 0.3) is 16.8 Å². The molecule has 6 nitrogen and oxygen atoms in total. The molecule has 4 aromatic rings. The fraction of sp³-hybridized carbons (Fsp3) is 0.0357. The summed E-state index contributed by atoms with van der Waals surface area (Å²) in [7, 11) is 0. The van der Waals surface area contributed by atoms with Crippen molar-refractivity contribution in [1.29, 1.82) is 0 Å². The number of carbonyl (C=O) groups is 3. The Labute approximate surface area is 227 Å². The normalized spacial score (nSPS) is 14.8. The Hall–Kier alpha value is -3.84. The van der Waals surface area contributed by atoms with E-state index in [0.29, 0.717) is 10.6 Å². The number of fused-ring (bicyclic) bond motifs is 1. The number of halogens is 3. The number of benzene rings is 4. The first-order valence-electron chi connectivity index (χ1n) is 11.1. The fourth-order valence-electron chi connectivity index (χ4n) is 4.05. The zero-order valence-corrected chi connectivity index (χ0v) is 21.3. The lowest BCUT2D eigenvalue weighted by atomic mass is 10.0. The topological polar surface area (TPSA) is 75.7 Å². The number of imide groups is 2. The van der Waals surface area contributed by atoms with E-state index in [1.165, 1.54) is 42.5 Å². The number of carbonyl (C=O) groups excluding carboxylic acids is 3. The van der Waals surface area contributed by atoms with Crippen LogP contribution in [0.2, 0.25) is 15.1 Å². The average Bonchev–Trinajstić information content (AvgIpc) is 2.87. The van der Waals surface area contributed by atoms with Gasteiger partial charge in [-0.15, -0.1) is 0 Å². The summed E-state index contributed by atoms with van der Waals surface area (Å²) >= 11 is 18.6. The number of barbiturate groups is 1. The molecular weight excluding hydrogens is 535 g/mol. The van der Waals surface area contributed by atoms with Crippen molar-refractivity contribution < 1.29 is 19.1 Å². The van der Waals surface area contributed by atoms with E-state index in [2.05, 4.69) is 5.32 Å². The van der Waals surface area contributed by atoms with Crippen LogP contribution in [0.15, 0.2) is 84.4 Å². The third-order valence-corrected chi connectivity index (χ3v) is 6.53. The van der Waals surface area contributed by atoms with Crippen molar-refractivity contribution in [3.63, 3.8) is 0 Å². The van der Waals surface area contributed by atoms with E-state index in [4.69, 9.17) is 39.5 Å². The summed E-state index contributed by atoms with van der Waals surface area (Å²) < 4.78 is 6.10. The second-order valence-corrected chi connectivity index (χ2v) is 9.45. The van der Waals surface area contributed by atoms with Crippen LogP contribution in [0.1, 0.15) is 11.1 Å². The van der Waals surface area contributed by atoms with Gasteiger partial charge in [-0.25, -0.2) is 9.69 Å². The van der Waals surface area contributed by atoms with Crippen LogP contribution in [-0.2, 0) is 16.2 Å². The number of anilines is 1. The zero-order chi connectivity index (χ0) is 26.1. The second kappa shape index (κ2) is 10.3. The van der Waals surface area contributed by atoms with E-state index in [1.54, 1.807) is 0 Å². The van der Waals surface area contributed by atoms with Crippen LogP contribution in [0.4, 0.5) is 10.5 Å². The standard InChI is InChI=1S/C28H17Cl3N2O4/c29-19-8-10-21(11-9-19)33-27(35)23(26(34)32-28(33)36)13-18-12-20(30)14-24(31)25(18)37-15-17-6-3-5-16-4-1-2-7-22(16)17/h1-14H,15H2,(H,32,34,36)/b23-13+. The molecule has 1 fully saturated rings. The summed E-state index contributed by atoms with van der Waals surface area (Å²) in [5, 5.41) is 5.19. The monoisotopic (exact) mass is 550 g/mol. The molecule has 37 heavy (non-hydrogen) atoms. The van der Waals surface area contributed by atoms with E-state index < -0.39 is 17.8 Å². The number of hydrogen-bond acceptors (Lipinski definition) is 4. The minimum absolute atomic E-state index is 0.175. The summed E-state index contributed by atoms with van der Waals surface area (Å²) in [6.45, 7) is 0.175. The minimum Gasteiger partial charge on any atom is -0.487 e. The fourth-order valence-corrected chi connectivity index (χ4v) is 4.74. The molecule has 0 unspecified atom stereocenters.